The van der Waals surface area contributed by atoms with Gasteiger partial charge in [0.15, 0.2) is 0 Å². The Hall–Kier alpha value is -2.14. The van der Waals surface area contributed by atoms with Gasteiger partial charge in [0, 0.05) is 24.5 Å². The Kier molecular flexibility index (Phi) is 4.90. The topological polar surface area (TPSA) is 67.2 Å². The molecule has 5 nitrogen and oxygen atoms in total. The molecule has 20 heavy (non-hydrogen) atoms. The third-order valence-corrected chi connectivity index (χ3v) is 2.97. The predicted octanol–water partition coefficient (Wildman–Crippen LogP) is 2.03. The maximum Gasteiger partial charge on any atom is 0.224 e. The average molecular weight is 273 g/mol. The van der Waals surface area contributed by atoms with Crippen LogP contribution in [0.2, 0.25) is 0 Å². The van der Waals surface area contributed by atoms with Crippen molar-refractivity contribution in [3.63, 3.8) is 0 Å². The number of rotatable bonds is 6. The van der Waals surface area contributed by atoms with Gasteiger partial charge in [0.2, 0.25) is 5.91 Å². The second kappa shape index (κ2) is 6.86. The lowest BCUT2D eigenvalue weighted by Crippen LogP contribution is -2.15. The van der Waals surface area contributed by atoms with Crippen LogP contribution in [0, 0.1) is 0 Å². The molecule has 2 N–H and O–H groups in total. The number of hydrogen-bond donors (Lipinski definition) is 2. The lowest BCUT2D eigenvalue weighted by atomic mass is 10.1. The number of nitrogens with one attached hydrogen (secondary N) is 1. The van der Waals surface area contributed by atoms with E-state index in [0.29, 0.717) is 19.4 Å². The Labute approximate surface area is 118 Å². The summed E-state index contributed by atoms with van der Waals surface area (Å²) in [6, 6.07) is 9.52. The van der Waals surface area contributed by atoms with Crippen molar-refractivity contribution in [1.82, 2.24) is 9.78 Å². The molecule has 0 bridgehead atoms. The fourth-order valence-electron chi connectivity index (χ4n) is 1.90. The van der Waals surface area contributed by atoms with Crippen LogP contribution in [0.4, 0.5) is 5.69 Å². The minimum Gasteiger partial charge on any atom is -0.393 e. The molecule has 1 aromatic heterocycles. The first kappa shape index (κ1) is 14.3. The molecule has 0 fully saturated rings. The summed E-state index contributed by atoms with van der Waals surface area (Å²) in [6.45, 7) is 2.29. The summed E-state index contributed by atoms with van der Waals surface area (Å²) in [5.74, 6) is -0.0844. The summed E-state index contributed by atoms with van der Waals surface area (Å²) in [4.78, 5) is 11.8. The molecule has 0 saturated carbocycles. The summed E-state index contributed by atoms with van der Waals surface area (Å²) in [5.41, 5.74) is 1.79. The highest BCUT2D eigenvalue weighted by atomic mass is 16.3. The van der Waals surface area contributed by atoms with Crippen molar-refractivity contribution in [3.8, 4) is 0 Å². The molecule has 5 heteroatoms. The molecule has 0 radical (unpaired) electrons. The SMILES string of the molecule is CC(O)CCC(=O)Nc1ccccc1Cn1cccn1. The van der Waals surface area contributed by atoms with E-state index in [1.807, 2.05) is 36.5 Å². The van der Waals surface area contributed by atoms with E-state index in [0.717, 1.165) is 11.3 Å². The fourth-order valence-corrected chi connectivity index (χ4v) is 1.90. The fraction of sp³-hybridized carbons (Fsp3) is 0.333. The van der Waals surface area contributed by atoms with Crippen LogP contribution in [0.15, 0.2) is 42.7 Å². The van der Waals surface area contributed by atoms with E-state index >= 15 is 0 Å². The highest BCUT2D eigenvalue weighted by Gasteiger charge is 2.08. The van der Waals surface area contributed by atoms with Gasteiger partial charge in [0.25, 0.3) is 0 Å². The molecule has 0 aliphatic rings. The number of hydrogen-bond acceptors (Lipinski definition) is 3. The number of aromatic nitrogens is 2. The van der Waals surface area contributed by atoms with E-state index < -0.39 is 6.10 Å². The first-order valence-corrected chi connectivity index (χ1v) is 6.68. The van der Waals surface area contributed by atoms with Crippen LogP contribution >= 0.6 is 0 Å². The molecule has 0 spiro atoms. The lowest BCUT2D eigenvalue weighted by Gasteiger charge is -2.11. The normalized spacial score (nSPS) is 12.1. The van der Waals surface area contributed by atoms with Crippen molar-refractivity contribution in [2.45, 2.75) is 32.4 Å². The number of amides is 1. The second-order valence-electron chi connectivity index (χ2n) is 4.80. The summed E-state index contributed by atoms with van der Waals surface area (Å²) in [6.07, 6.45) is 3.93. The second-order valence-corrected chi connectivity index (χ2v) is 4.80. The largest absolute Gasteiger partial charge is 0.393 e. The molecule has 2 aromatic rings. The third-order valence-electron chi connectivity index (χ3n) is 2.97. The van der Waals surface area contributed by atoms with Crippen LogP contribution in [0.1, 0.15) is 25.3 Å². The zero-order chi connectivity index (χ0) is 14.4. The van der Waals surface area contributed by atoms with E-state index in [-0.39, 0.29) is 5.91 Å². The zero-order valence-corrected chi connectivity index (χ0v) is 11.5. The Balaban J connectivity index is 2.02. The highest BCUT2D eigenvalue weighted by molar-refractivity contribution is 5.91. The van der Waals surface area contributed by atoms with Crippen molar-refractivity contribution in [2.24, 2.45) is 0 Å². The van der Waals surface area contributed by atoms with Gasteiger partial charge in [-0.05, 0) is 31.0 Å². The molecule has 1 aromatic carbocycles. The molecule has 106 valence electrons. The van der Waals surface area contributed by atoms with Crippen molar-refractivity contribution in [3.05, 3.63) is 48.3 Å². The summed E-state index contributed by atoms with van der Waals surface area (Å²) >= 11 is 0. The zero-order valence-electron chi connectivity index (χ0n) is 11.5. The molecule has 1 atom stereocenters. The summed E-state index contributed by atoms with van der Waals surface area (Å²) in [5, 5.41) is 16.3. The minimum atomic E-state index is -0.458. The Morgan fingerprint density at radius 2 is 2.20 bits per heavy atom. The molecule has 1 heterocycles. The van der Waals surface area contributed by atoms with Gasteiger partial charge < -0.3 is 10.4 Å². The van der Waals surface area contributed by atoms with Gasteiger partial charge in [-0.15, -0.1) is 0 Å². The number of anilines is 1. The standard InChI is InChI=1S/C15H19N3O2/c1-12(19)7-8-15(20)17-14-6-3-2-5-13(14)11-18-10-4-9-16-18/h2-6,9-10,12,19H,7-8,11H2,1H3,(H,17,20). The van der Waals surface area contributed by atoms with E-state index in [1.54, 1.807) is 17.8 Å². The van der Waals surface area contributed by atoms with Crippen LogP contribution in [0.3, 0.4) is 0 Å². The van der Waals surface area contributed by atoms with Gasteiger partial charge in [-0.3, -0.25) is 9.48 Å². The molecule has 2 rings (SSSR count). The Morgan fingerprint density at radius 3 is 2.90 bits per heavy atom. The maximum absolute atomic E-state index is 11.8. The van der Waals surface area contributed by atoms with Crippen molar-refractivity contribution >= 4 is 11.6 Å². The third kappa shape index (κ3) is 4.20. The van der Waals surface area contributed by atoms with Gasteiger partial charge in [0.05, 0.1) is 12.6 Å². The predicted molar refractivity (Wildman–Crippen MR) is 77.3 cm³/mol. The highest BCUT2D eigenvalue weighted by Crippen LogP contribution is 2.16. The first-order valence-electron chi connectivity index (χ1n) is 6.68. The minimum absolute atomic E-state index is 0.0844. The van der Waals surface area contributed by atoms with E-state index in [4.69, 9.17) is 0 Å². The van der Waals surface area contributed by atoms with Gasteiger partial charge in [-0.1, -0.05) is 18.2 Å². The smallest absolute Gasteiger partial charge is 0.224 e. The molecule has 0 aliphatic carbocycles. The van der Waals surface area contributed by atoms with Crippen LogP contribution in [0.5, 0.6) is 0 Å². The molecule has 0 aliphatic heterocycles. The number of nitrogens with zero attached hydrogens (tertiary/aromatic N) is 2. The molecule has 1 amide bonds. The Morgan fingerprint density at radius 1 is 1.40 bits per heavy atom. The van der Waals surface area contributed by atoms with Gasteiger partial charge >= 0.3 is 0 Å². The Bertz CT molecular complexity index is 550. The molecule has 1 unspecified atom stereocenters. The maximum atomic E-state index is 11.8. The van der Waals surface area contributed by atoms with E-state index in [9.17, 15) is 9.90 Å². The first-order chi connectivity index (χ1) is 9.65. The monoisotopic (exact) mass is 273 g/mol. The van der Waals surface area contributed by atoms with Gasteiger partial charge in [0.1, 0.15) is 0 Å². The van der Waals surface area contributed by atoms with Crippen LogP contribution in [-0.2, 0) is 11.3 Å². The van der Waals surface area contributed by atoms with Crippen LogP contribution in [0.25, 0.3) is 0 Å². The molecule has 0 saturated heterocycles. The van der Waals surface area contributed by atoms with Crippen molar-refractivity contribution < 1.29 is 9.90 Å². The quantitative estimate of drug-likeness (QED) is 0.846. The molecular formula is C15H19N3O2. The van der Waals surface area contributed by atoms with Gasteiger partial charge in [-0.2, -0.15) is 5.10 Å². The number of aliphatic hydroxyl groups is 1. The van der Waals surface area contributed by atoms with E-state index in [2.05, 4.69) is 10.4 Å². The summed E-state index contributed by atoms with van der Waals surface area (Å²) < 4.78 is 1.81. The summed E-state index contributed by atoms with van der Waals surface area (Å²) in [7, 11) is 0. The average Bonchev–Trinajstić information content (AvgIpc) is 2.92. The number of carbonyl (C=O) groups is 1. The van der Waals surface area contributed by atoms with E-state index in [1.165, 1.54) is 0 Å². The molecular weight excluding hydrogens is 254 g/mol. The lowest BCUT2D eigenvalue weighted by molar-refractivity contribution is -0.116. The van der Waals surface area contributed by atoms with Gasteiger partial charge in [-0.25, -0.2) is 0 Å². The number of benzene rings is 1. The number of carbonyl (C=O) groups excluding carboxylic acids is 1. The van der Waals surface area contributed by atoms with Crippen LogP contribution in [-0.4, -0.2) is 26.9 Å². The van der Waals surface area contributed by atoms with Crippen LogP contribution < -0.4 is 5.32 Å². The van der Waals surface area contributed by atoms with Crippen molar-refractivity contribution in [1.29, 1.82) is 0 Å². The number of aliphatic hydroxyl groups excluding tert-OH is 1. The number of para-hydroxylation sites is 1. The van der Waals surface area contributed by atoms with Crippen molar-refractivity contribution in [2.75, 3.05) is 5.32 Å².